The van der Waals surface area contributed by atoms with Crippen molar-refractivity contribution in [3.8, 4) is 5.75 Å². The topological polar surface area (TPSA) is 58.1 Å². The van der Waals surface area contributed by atoms with Gasteiger partial charge in [-0.3, -0.25) is 4.99 Å². The number of methoxy groups -OCH3 is 1. The Morgan fingerprint density at radius 3 is 2.58 bits per heavy atom. The summed E-state index contributed by atoms with van der Waals surface area (Å²) in [4.78, 5) is 6.56. The van der Waals surface area contributed by atoms with Gasteiger partial charge in [0.05, 0.1) is 6.61 Å². The van der Waals surface area contributed by atoms with Crippen LogP contribution in [0.5, 0.6) is 5.75 Å². The highest BCUT2D eigenvalue weighted by molar-refractivity contribution is 14.0. The van der Waals surface area contributed by atoms with E-state index in [2.05, 4.69) is 33.6 Å². The molecule has 0 aliphatic heterocycles. The molecule has 1 aromatic carbocycles. The van der Waals surface area contributed by atoms with Crippen molar-refractivity contribution in [2.45, 2.75) is 19.8 Å². The molecule has 150 valence electrons. The van der Waals surface area contributed by atoms with E-state index in [1.165, 1.54) is 5.56 Å². The SMILES string of the molecule is CCOc1ccccc1CCNC(=NC)NCCN(C)CCCOC.I. The van der Waals surface area contributed by atoms with Crippen molar-refractivity contribution in [2.24, 2.45) is 4.99 Å². The molecule has 0 aromatic heterocycles. The van der Waals surface area contributed by atoms with Crippen LogP contribution in [0.25, 0.3) is 0 Å². The van der Waals surface area contributed by atoms with E-state index in [-0.39, 0.29) is 24.0 Å². The lowest BCUT2D eigenvalue weighted by Crippen LogP contribution is -2.41. The molecule has 0 bridgehead atoms. The van der Waals surface area contributed by atoms with E-state index in [9.17, 15) is 0 Å². The van der Waals surface area contributed by atoms with E-state index in [1.54, 1.807) is 14.2 Å². The van der Waals surface area contributed by atoms with Crippen LogP contribution in [-0.4, -0.2) is 71.5 Å². The number of halogens is 1. The quantitative estimate of drug-likeness (QED) is 0.209. The Bertz CT molecular complexity index is 500. The second kappa shape index (κ2) is 16.1. The van der Waals surface area contributed by atoms with Crippen LogP contribution in [0.4, 0.5) is 0 Å². The van der Waals surface area contributed by atoms with Crippen molar-refractivity contribution < 1.29 is 9.47 Å². The second-order valence-electron chi connectivity index (χ2n) is 5.87. The predicted octanol–water partition coefficient (Wildman–Crippen LogP) is 2.38. The first-order valence-corrected chi connectivity index (χ1v) is 9.04. The van der Waals surface area contributed by atoms with Gasteiger partial charge in [0.15, 0.2) is 5.96 Å². The highest BCUT2D eigenvalue weighted by Crippen LogP contribution is 2.17. The van der Waals surface area contributed by atoms with Crippen LogP contribution in [-0.2, 0) is 11.2 Å². The molecule has 26 heavy (non-hydrogen) atoms. The third-order valence-electron chi connectivity index (χ3n) is 3.86. The van der Waals surface area contributed by atoms with Crippen LogP contribution in [0.1, 0.15) is 18.9 Å². The van der Waals surface area contributed by atoms with Gasteiger partial charge in [-0.05, 0) is 38.4 Å². The first-order chi connectivity index (χ1) is 12.2. The van der Waals surface area contributed by atoms with Crippen LogP contribution in [0.3, 0.4) is 0 Å². The van der Waals surface area contributed by atoms with Crippen molar-refractivity contribution in [1.82, 2.24) is 15.5 Å². The molecule has 0 unspecified atom stereocenters. The highest BCUT2D eigenvalue weighted by atomic mass is 127. The minimum absolute atomic E-state index is 0. The molecule has 0 amide bonds. The number of ether oxygens (including phenoxy) is 2. The third kappa shape index (κ3) is 10.8. The smallest absolute Gasteiger partial charge is 0.191 e. The molecule has 0 spiro atoms. The highest BCUT2D eigenvalue weighted by Gasteiger charge is 2.04. The summed E-state index contributed by atoms with van der Waals surface area (Å²) in [5.41, 5.74) is 1.21. The summed E-state index contributed by atoms with van der Waals surface area (Å²) in [6.45, 7) is 7.18. The molecule has 1 aromatic rings. The van der Waals surface area contributed by atoms with Gasteiger partial charge in [0, 0.05) is 46.9 Å². The van der Waals surface area contributed by atoms with Gasteiger partial charge in [0.1, 0.15) is 5.75 Å². The Morgan fingerprint density at radius 1 is 1.15 bits per heavy atom. The number of nitrogens with zero attached hydrogens (tertiary/aromatic N) is 2. The summed E-state index contributed by atoms with van der Waals surface area (Å²) >= 11 is 0. The van der Waals surface area contributed by atoms with E-state index in [0.29, 0.717) is 6.61 Å². The van der Waals surface area contributed by atoms with E-state index >= 15 is 0 Å². The zero-order chi connectivity index (χ0) is 18.3. The molecule has 0 atom stereocenters. The van der Waals surface area contributed by atoms with Crippen LogP contribution in [0.2, 0.25) is 0 Å². The summed E-state index contributed by atoms with van der Waals surface area (Å²) in [6, 6.07) is 8.18. The average molecular weight is 478 g/mol. The fraction of sp³-hybridized carbons (Fsp3) is 0.632. The molecule has 0 aliphatic rings. The molecule has 6 nitrogen and oxygen atoms in total. The Hall–Kier alpha value is -1.06. The molecular weight excluding hydrogens is 443 g/mol. The molecule has 7 heteroatoms. The van der Waals surface area contributed by atoms with E-state index in [1.807, 2.05) is 25.1 Å². The summed E-state index contributed by atoms with van der Waals surface area (Å²) in [7, 11) is 5.66. The maximum absolute atomic E-state index is 5.66. The second-order valence-corrected chi connectivity index (χ2v) is 5.87. The molecule has 0 aliphatic carbocycles. The van der Waals surface area contributed by atoms with Crippen LogP contribution in [0.15, 0.2) is 29.3 Å². The number of nitrogens with one attached hydrogen (secondary N) is 2. The van der Waals surface area contributed by atoms with Gasteiger partial charge in [0.25, 0.3) is 0 Å². The summed E-state index contributed by atoms with van der Waals surface area (Å²) < 4.78 is 10.7. The number of likely N-dealkylation sites (N-methyl/N-ethyl adjacent to an activating group) is 1. The van der Waals surface area contributed by atoms with Crippen molar-refractivity contribution in [1.29, 1.82) is 0 Å². The van der Waals surface area contributed by atoms with Gasteiger partial charge in [-0.1, -0.05) is 18.2 Å². The van der Waals surface area contributed by atoms with Gasteiger partial charge in [-0.2, -0.15) is 0 Å². The molecule has 0 heterocycles. The first kappa shape index (κ1) is 24.9. The summed E-state index contributed by atoms with van der Waals surface area (Å²) in [5.74, 6) is 1.80. The Labute approximate surface area is 175 Å². The maximum atomic E-state index is 5.66. The van der Waals surface area contributed by atoms with Crippen molar-refractivity contribution in [3.63, 3.8) is 0 Å². The monoisotopic (exact) mass is 478 g/mol. The number of hydrogen-bond acceptors (Lipinski definition) is 4. The number of benzene rings is 1. The van der Waals surface area contributed by atoms with Crippen molar-refractivity contribution >= 4 is 29.9 Å². The van der Waals surface area contributed by atoms with Crippen LogP contribution >= 0.6 is 24.0 Å². The average Bonchev–Trinajstić information content (AvgIpc) is 2.62. The first-order valence-electron chi connectivity index (χ1n) is 9.04. The van der Waals surface area contributed by atoms with Gasteiger partial charge in [-0.15, -0.1) is 24.0 Å². The molecule has 0 fully saturated rings. The fourth-order valence-corrected chi connectivity index (χ4v) is 2.50. The van der Waals surface area contributed by atoms with Gasteiger partial charge >= 0.3 is 0 Å². The standard InChI is InChI=1S/C19H34N4O2.HI/c1-5-25-18-10-7-6-9-17(18)11-12-21-19(20-2)22-13-15-23(3)14-8-16-24-4;/h6-7,9-10H,5,8,11-16H2,1-4H3,(H2,20,21,22);1H. The molecule has 0 saturated carbocycles. The molecule has 0 saturated heterocycles. The Balaban J connectivity index is 0.00000625. The number of rotatable bonds is 12. The lowest BCUT2D eigenvalue weighted by molar-refractivity contribution is 0.180. The molecular formula is C19H35IN4O2. The minimum atomic E-state index is 0. The van der Waals surface area contributed by atoms with Gasteiger partial charge in [-0.25, -0.2) is 0 Å². The maximum Gasteiger partial charge on any atom is 0.191 e. The lowest BCUT2D eigenvalue weighted by atomic mass is 10.1. The normalized spacial score (nSPS) is 11.2. The molecule has 0 radical (unpaired) electrons. The zero-order valence-electron chi connectivity index (χ0n) is 16.6. The van der Waals surface area contributed by atoms with Crippen molar-refractivity contribution in [3.05, 3.63) is 29.8 Å². The molecule has 2 N–H and O–H groups in total. The minimum Gasteiger partial charge on any atom is -0.494 e. The van der Waals surface area contributed by atoms with Crippen LogP contribution in [0, 0.1) is 0 Å². The zero-order valence-corrected chi connectivity index (χ0v) is 18.9. The third-order valence-corrected chi connectivity index (χ3v) is 3.86. The number of aliphatic imine (C=N–C) groups is 1. The summed E-state index contributed by atoms with van der Waals surface area (Å²) in [6.07, 6.45) is 1.95. The van der Waals surface area contributed by atoms with E-state index < -0.39 is 0 Å². The van der Waals surface area contributed by atoms with Gasteiger partial charge in [0.2, 0.25) is 0 Å². The Morgan fingerprint density at radius 2 is 1.88 bits per heavy atom. The Kier molecular flexibility index (Phi) is 15.5. The number of guanidine groups is 1. The van der Waals surface area contributed by atoms with E-state index in [4.69, 9.17) is 9.47 Å². The molecule has 1 rings (SSSR count). The predicted molar refractivity (Wildman–Crippen MR) is 120 cm³/mol. The van der Waals surface area contributed by atoms with Crippen LogP contribution < -0.4 is 15.4 Å². The van der Waals surface area contributed by atoms with Gasteiger partial charge < -0.3 is 25.0 Å². The fourth-order valence-electron chi connectivity index (χ4n) is 2.50. The van der Waals surface area contributed by atoms with E-state index in [0.717, 1.165) is 57.3 Å². The van der Waals surface area contributed by atoms with Crippen molar-refractivity contribution in [2.75, 3.05) is 60.6 Å². The lowest BCUT2D eigenvalue weighted by Gasteiger charge is -2.18. The number of para-hydroxylation sites is 1. The number of hydrogen-bond donors (Lipinski definition) is 2. The summed E-state index contributed by atoms with van der Waals surface area (Å²) in [5, 5.41) is 6.71. The largest absolute Gasteiger partial charge is 0.494 e.